The molecule has 1 aliphatic rings. The number of amides is 1. The van der Waals surface area contributed by atoms with E-state index in [4.69, 9.17) is 0 Å². The predicted molar refractivity (Wildman–Crippen MR) is 58.0 cm³/mol. The van der Waals surface area contributed by atoms with Crippen LogP contribution in [0.15, 0.2) is 0 Å². The van der Waals surface area contributed by atoms with Crippen LogP contribution in [-0.2, 0) is 4.79 Å². The molecule has 2 nitrogen and oxygen atoms in total. The zero-order valence-electron chi connectivity index (χ0n) is 8.42. The summed E-state index contributed by atoms with van der Waals surface area (Å²) in [7, 11) is 0. The summed E-state index contributed by atoms with van der Waals surface area (Å²) in [6.45, 7) is 1.97. The third-order valence-electron chi connectivity index (χ3n) is 2.48. The first-order valence-corrected chi connectivity index (χ1v) is 6.50. The van der Waals surface area contributed by atoms with Crippen LogP contribution in [0.3, 0.4) is 0 Å². The lowest BCUT2D eigenvalue weighted by molar-refractivity contribution is -0.128. The van der Waals surface area contributed by atoms with Gasteiger partial charge in [-0.15, -0.1) is 0 Å². The van der Waals surface area contributed by atoms with E-state index in [9.17, 15) is 4.79 Å². The Labute approximate surface area is 85.1 Å². The molecule has 0 atom stereocenters. The summed E-state index contributed by atoms with van der Waals surface area (Å²) in [5, 5.41) is 0. The van der Waals surface area contributed by atoms with Crippen LogP contribution in [0.4, 0.5) is 0 Å². The van der Waals surface area contributed by atoms with E-state index in [1.807, 2.05) is 11.2 Å². The average molecular weight is 201 g/mol. The van der Waals surface area contributed by atoms with Crippen molar-refractivity contribution in [3.63, 3.8) is 0 Å². The Bertz CT molecular complexity index is 153. The lowest BCUT2D eigenvalue weighted by Crippen LogP contribution is -2.34. The Kier molecular flexibility index (Phi) is 5.28. The summed E-state index contributed by atoms with van der Waals surface area (Å²) >= 11 is 1.62. The fourth-order valence-corrected chi connectivity index (χ4v) is 2.14. The zero-order chi connectivity index (χ0) is 9.52. The van der Waals surface area contributed by atoms with E-state index >= 15 is 0 Å². The van der Waals surface area contributed by atoms with Crippen molar-refractivity contribution in [3.05, 3.63) is 0 Å². The third-order valence-corrected chi connectivity index (χ3v) is 3.01. The molecule has 1 aliphatic heterocycles. The second kappa shape index (κ2) is 6.30. The van der Waals surface area contributed by atoms with Crippen LogP contribution in [0.5, 0.6) is 0 Å². The average Bonchev–Trinajstić information content (AvgIpc) is 2.03. The summed E-state index contributed by atoms with van der Waals surface area (Å²) in [6, 6.07) is 0. The first-order valence-electron chi connectivity index (χ1n) is 5.11. The molecule has 76 valence electrons. The van der Waals surface area contributed by atoms with Gasteiger partial charge in [0.05, 0.1) is 5.75 Å². The summed E-state index contributed by atoms with van der Waals surface area (Å²) in [5.74, 6) is 0.981. The molecule has 0 spiro atoms. The number of rotatable bonds is 2. The van der Waals surface area contributed by atoms with Gasteiger partial charge in [-0.25, -0.2) is 0 Å². The largest absolute Gasteiger partial charge is 0.342 e. The molecule has 1 saturated heterocycles. The quantitative estimate of drug-likeness (QED) is 0.682. The summed E-state index contributed by atoms with van der Waals surface area (Å²) in [4.78, 5) is 13.6. The van der Waals surface area contributed by atoms with Crippen molar-refractivity contribution in [3.8, 4) is 0 Å². The summed E-state index contributed by atoms with van der Waals surface area (Å²) < 4.78 is 0. The molecule has 1 fully saturated rings. The molecule has 1 rings (SSSR count). The van der Waals surface area contributed by atoms with Crippen molar-refractivity contribution in [2.45, 2.75) is 32.1 Å². The van der Waals surface area contributed by atoms with Gasteiger partial charge in [0.15, 0.2) is 0 Å². The first-order chi connectivity index (χ1) is 6.34. The Morgan fingerprint density at radius 3 is 2.23 bits per heavy atom. The maximum atomic E-state index is 11.6. The fraction of sp³-hybridized carbons (Fsp3) is 0.900. The van der Waals surface area contributed by atoms with Crippen molar-refractivity contribution in [1.82, 2.24) is 4.90 Å². The van der Waals surface area contributed by atoms with Crippen molar-refractivity contribution in [2.24, 2.45) is 0 Å². The monoisotopic (exact) mass is 201 g/mol. The molecule has 0 aromatic heterocycles. The molecule has 0 radical (unpaired) electrons. The van der Waals surface area contributed by atoms with Gasteiger partial charge in [0, 0.05) is 13.1 Å². The standard InChI is InChI=1S/C10H19NOS/c1-13-9-10(12)11-7-5-3-2-4-6-8-11/h2-9H2,1H3. The summed E-state index contributed by atoms with van der Waals surface area (Å²) in [5.41, 5.74) is 0. The molecule has 0 saturated carbocycles. The Balaban J connectivity index is 2.32. The highest BCUT2D eigenvalue weighted by Gasteiger charge is 2.13. The minimum absolute atomic E-state index is 0.328. The number of hydrogen-bond acceptors (Lipinski definition) is 2. The molecule has 0 N–H and O–H groups in total. The van der Waals surface area contributed by atoms with Crippen LogP contribution in [0.1, 0.15) is 32.1 Å². The molecular weight excluding hydrogens is 182 g/mol. The van der Waals surface area contributed by atoms with E-state index in [-0.39, 0.29) is 0 Å². The minimum atomic E-state index is 0.328. The lowest BCUT2D eigenvalue weighted by Gasteiger charge is -2.24. The maximum absolute atomic E-state index is 11.6. The van der Waals surface area contributed by atoms with E-state index in [0.29, 0.717) is 11.7 Å². The van der Waals surface area contributed by atoms with Crippen LogP contribution in [0.2, 0.25) is 0 Å². The number of hydrogen-bond donors (Lipinski definition) is 0. The van der Waals surface area contributed by atoms with E-state index in [0.717, 1.165) is 13.1 Å². The van der Waals surface area contributed by atoms with Gasteiger partial charge in [0.1, 0.15) is 0 Å². The van der Waals surface area contributed by atoms with Crippen LogP contribution in [0, 0.1) is 0 Å². The smallest absolute Gasteiger partial charge is 0.232 e. The highest BCUT2D eigenvalue weighted by atomic mass is 32.2. The highest BCUT2D eigenvalue weighted by molar-refractivity contribution is 7.99. The Hall–Kier alpha value is -0.180. The van der Waals surface area contributed by atoms with Gasteiger partial charge in [0.2, 0.25) is 5.91 Å². The van der Waals surface area contributed by atoms with Crippen LogP contribution < -0.4 is 0 Å². The zero-order valence-corrected chi connectivity index (χ0v) is 9.24. The molecule has 1 heterocycles. The SMILES string of the molecule is CSCC(=O)N1CCCCCCC1. The van der Waals surface area contributed by atoms with Crippen LogP contribution in [-0.4, -0.2) is 35.9 Å². The van der Waals surface area contributed by atoms with Crippen LogP contribution >= 0.6 is 11.8 Å². The molecule has 0 unspecified atom stereocenters. The fourth-order valence-electron chi connectivity index (χ4n) is 1.71. The van der Waals surface area contributed by atoms with Crippen LogP contribution in [0.25, 0.3) is 0 Å². The van der Waals surface area contributed by atoms with E-state index in [1.165, 1.54) is 32.1 Å². The molecule has 0 aliphatic carbocycles. The molecule has 13 heavy (non-hydrogen) atoms. The summed E-state index contributed by atoms with van der Waals surface area (Å²) in [6.07, 6.45) is 8.32. The number of carbonyl (C=O) groups excluding carboxylic acids is 1. The molecule has 0 bridgehead atoms. The van der Waals surface area contributed by atoms with E-state index in [2.05, 4.69) is 0 Å². The normalized spacial score (nSPS) is 19.3. The van der Waals surface area contributed by atoms with E-state index < -0.39 is 0 Å². The van der Waals surface area contributed by atoms with Crippen molar-refractivity contribution < 1.29 is 4.79 Å². The molecule has 0 aromatic carbocycles. The minimum Gasteiger partial charge on any atom is -0.342 e. The first kappa shape index (κ1) is 10.9. The van der Waals surface area contributed by atoms with E-state index in [1.54, 1.807) is 11.8 Å². The highest BCUT2D eigenvalue weighted by Crippen LogP contribution is 2.11. The number of thioether (sulfide) groups is 1. The number of nitrogens with zero attached hydrogens (tertiary/aromatic N) is 1. The van der Waals surface area contributed by atoms with Gasteiger partial charge in [0.25, 0.3) is 0 Å². The van der Waals surface area contributed by atoms with Gasteiger partial charge >= 0.3 is 0 Å². The van der Waals surface area contributed by atoms with Gasteiger partial charge < -0.3 is 4.90 Å². The number of carbonyl (C=O) groups is 1. The third kappa shape index (κ3) is 4.03. The molecule has 0 aromatic rings. The lowest BCUT2D eigenvalue weighted by atomic mass is 10.1. The number of likely N-dealkylation sites (tertiary alicyclic amines) is 1. The van der Waals surface area contributed by atoms with Gasteiger partial charge in [-0.1, -0.05) is 19.3 Å². The maximum Gasteiger partial charge on any atom is 0.232 e. The topological polar surface area (TPSA) is 20.3 Å². The van der Waals surface area contributed by atoms with Crippen molar-refractivity contribution in [2.75, 3.05) is 25.1 Å². The van der Waals surface area contributed by atoms with Gasteiger partial charge in [-0.2, -0.15) is 11.8 Å². The van der Waals surface area contributed by atoms with Crippen molar-refractivity contribution in [1.29, 1.82) is 0 Å². The Morgan fingerprint density at radius 2 is 1.69 bits per heavy atom. The van der Waals surface area contributed by atoms with Gasteiger partial charge in [-0.05, 0) is 19.1 Å². The second-order valence-corrected chi connectivity index (χ2v) is 4.45. The van der Waals surface area contributed by atoms with Gasteiger partial charge in [-0.3, -0.25) is 4.79 Å². The molecule has 1 amide bonds. The second-order valence-electron chi connectivity index (χ2n) is 3.58. The Morgan fingerprint density at radius 1 is 1.15 bits per heavy atom. The molecular formula is C10H19NOS. The van der Waals surface area contributed by atoms with Crippen molar-refractivity contribution >= 4 is 17.7 Å². The molecule has 3 heteroatoms. The predicted octanol–water partition coefficient (Wildman–Crippen LogP) is 2.14.